The van der Waals surface area contributed by atoms with E-state index in [4.69, 9.17) is 4.74 Å². The number of amides is 2. The first-order valence-corrected chi connectivity index (χ1v) is 7.95. The van der Waals surface area contributed by atoms with E-state index in [2.05, 4.69) is 21.1 Å². The zero-order valence-corrected chi connectivity index (χ0v) is 13.7. The normalized spacial score (nSPS) is 14.6. The van der Waals surface area contributed by atoms with Crippen LogP contribution >= 0.6 is 0 Å². The summed E-state index contributed by atoms with van der Waals surface area (Å²) in [5.41, 5.74) is 5.14. The monoisotopic (exact) mass is 351 g/mol. The maximum atomic E-state index is 11.7. The zero-order chi connectivity index (χ0) is 18.1. The lowest BCUT2D eigenvalue weighted by Gasteiger charge is -2.26. The molecule has 25 heavy (non-hydrogen) atoms. The number of nitro benzene ring substituents is 1. The Balaban J connectivity index is 1.62. The number of nitrogens with zero attached hydrogens (tertiary/aromatic N) is 2. The van der Waals surface area contributed by atoms with Crippen LogP contribution in [-0.2, 0) is 14.3 Å². The van der Waals surface area contributed by atoms with E-state index in [-0.39, 0.29) is 5.69 Å². The number of benzene rings is 1. The third-order valence-corrected chi connectivity index (χ3v) is 3.65. The summed E-state index contributed by atoms with van der Waals surface area (Å²) in [5, 5.41) is 13.1. The summed E-state index contributed by atoms with van der Waals surface area (Å²) in [6.07, 6.45) is 0.745. The van der Waals surface area contributed by atoms with E-state index in [0.717, 1.165) is 39.3 Å². The van der Waals surface area contributed by atoms with E-state index in [1.165, 1.54) is 24.3 Å². The number of anilines is 1. The third kappa shape index (κ3) is 6.36. The summed E-state index contributed by atoms with van der Waals surface area (Å²) in [5.74, 6) is -1.57. The predicted molar refractivity (Wildman–Crippen MR) is 89.7 cm³/mol. The van der Waals surface area contributed by atoms with E-state index < -0.39 is 16.7 Å². The van der Waals surface area contributed by atoms with Crippen LogP contribution in [0.5, 0.6) is 0 Å². The van der Waals surface area contributed by atoms with Gasteiger partial charge in [0, 0.05) is 31.8 Å². The van der Waals surface area contributed by atoms with Crippen LogP contribution in [0.4, 0.5) is 11.4 Å². The molecule has 0 spiro atoms. The molecule has 0 atom stereocenters. The molecule has 1 aliphatic rings. The number of carbonyl (C=O) groups is 2. The molecule has 10 heteroatoms. The van der Waals surface area contributed by atoms with E-state index in [1.54, 1.807) is 0 Å². The van der Waals surface area contributed by atoms with E-state index in [0.29, 0.717) is 12.2 Å². The van der Waals surface area contributed by atoms with Gasteiger partial charge in [0.1, 0.15) is 0 Å². The van der Waals surface area contributed by atoms with Crippen LogP contribution in [0.3, 0.4) is 0 Å². The van der Waals surface area contributed by atoms with Gasteiger partial charge in [-0.15, -0.1) is 0 Å². The molecule has 3 N–H and O–H groups in total. The van der Waals surface area contributed by atoms with Crippen molar-refractivity contribution in [2.75, 3.05) is 44.8 Å². The predicted octanol–water partition coefficient (Wildman–Crippen LogP) is -0.124. The molecule has 0 radical (unpaired) electrons. The standard InChI is InChI=1S/C15H21N5O5/c21-14(16-6-1-7-19-8-10-25-11-9-19)15(22)18-17-12-2-4-13(5-3-12)20(23)24/h2-5,17H,1,6-11H2,(H,16,21)(H,18,22). The van der Waals surface area contributed by atoms with Gasteiger partial charge in [0.15, 0.2) is 0 Å². The molecule has 0 aliphatic carbocycles. The maximum Gasteiger partial charge on any atom is 0.327 e. The highest BCUT2D eigenvalue weighted by Gasteiger charge is 2.14. The molecule has 1 saturated heterocycles. The summed E-state index contributed by atoms with van der Waals surface area (Å²) in [7, 11) is 0. The second-order valence-electron chi connectivity index (χ2n) is 5.45. The maximum absolute atomic E-state index is 11.7. The summed E-state index contributed by atoms with van der Waals surface area (Å²) in [4.78, 5) is 35.6. The first-order valence-electron chi connectivity index (χ1n) is 7.95. The number of non-ortho nitro benzene ring substituents is 1. The lowest BCUT2D eigenvalue weighted by atomic mass is 10.3. The molecular formula is C15H21N5O5. The Morgan fingerprint density at radius 1 is 1.16 bits per heavy atom. The van der Waals surface area contributed by atoms with Gasteiger partial charge < -0.3 is 10.1 Å². The molecular weight excluding hydrogens is 330 g/mol. The minimum atomic E-state index is -0.829. The highest BCUT2D eigenvalue weighted by molar-refractivity contribution is 6.35. The fourth-order valence-electron chi connectivity index (χ4n) is 2.26. The van der Waals surface area contributed by atoms with Crippen molar-refractivity contribution in [3.63, 3.8) is 0 Å². The van der Waals surface area contributed by atoms with Crippen molar-refractivity contribution in [3.05, 3.63) is 34.4 Å². The van der Waals surface area contributed by atoms with Crippen molar-refractivity contribution < 1.29 is 19.2 Å². The number of morpholine rings is 1. The number of ether oxygens (including phenoxy) is 1. The second kappa shape index (κ2) is 9.55. The zero-order valence-electron chi connectivity index (χ0n) is 13.7. The Morgan fingerprint density at radius 2 is 1.84 bits per heavy atom. The van der Waals surface area contributed by atoms with E-state index >= 15 is 0 Å². The van der Waals surface area contributed by atoms with E-state index in [1.807, 2.05) is 0 Å². The van der Waals surface area contributed by atoms with Crippen LogP contribution in [0, 0.1) is 10.1 Å². The SMILES string of the molecule is O=C(NCCCN1CCOCC1)C(=O)NNc1ccc([N+](=O)[O-])cc1. The number of carbonyl (C=O) groups excluding carboxylic acids is 2. The first kappa shape index (κ1) is 18.6. The molecule has 136 valence electrons. The van der Waals surface area contributed by atoms with Gasteiger partial charge in [-0.25, -0.2) is 0 Å². The summed E-state index contributed by atoms with van der Waals surface area (Å²) in [6, 6.07) is 5.44. The first-order chi connectivity index (χ1) is 12.1. The fourth-order valence-corrected chi connectivity index (χ4v) is 2.26. The molecule has 2 rings (SSSR count). The number of hydrazine groups is 1. The highest BCUT2D eigenvalue weighted by atomic mass is 16.6. The largest absolute Gasteiger partial charge is 0.379 e. The number of nitro groups is 1. The van der Waals surface area contributed by atoms with Gasteiger partial charge >= 0.3 is 11.8 Å². The van der Waals surface area contributed by atoms with Crippen LogP contribution in [0.1, 0.15) is 6.42 Å². The summed E-state index contributed by atoms with van der Waals surface area (Å²) < 4.78 is 5.25. The van der Waals surface area contributed by atoms with Crippen LogP contribution < -0.4 is 16.2 Å². The molecule has 1 aliphatic heterocycles. The van der Waals surface area contributed by atoms with Crippen molar-refractivity contribution in [1.82, 2.24) is 15.6 Å². The topological polar surface area (TPSA) is 126 Å². The average Bonchev–Trinajstić information content (AvgIpc) is 2.64. The minimum Gasteiger partial charge on any atom is -0.379 e. The molecule has 0 unspecified atom stereocenters. The average molecular weight is 351 g/mol. The number of rotatable bonds is 7. The molecule has 1 heterocycles. The molecule has 0 aromatic heterocycles. The third-order valence-electron chi connectivity index (χ3n) is 3.65. The second-order valence-corrected chi connectivity index (χ2v) is 5.45. The van der Waals surface area contributed by atoms with Crippen molar-refractivity contribution in [1.29, 1.82) is 0 Å². The Bertz CT molecular complexity index is 601. The summed E-state index contributed by atoms with van der Waals surface area (Å²) in [6.45, 7) is 4.46. The van der Waals surface area contributed by atoms with Gasteiger partial charge in [-0.3, -0.25) is 35.5 Å². The molecule has 2 amide bonds. The quantitative estimate of drug-likeness (QED) is 0.270. The summed E-state index contributed by atoms with van der Waals surface area (Å²) >= 11 is 0. The van der Waals surface area contributed by atoms with Crippen LogP contribution in [0.25, 0.3) is 0 Å². The Labute approximate surface area is 144 Å². The Kier molecular flexibility index (Phi) is 7.11. The van der Waals surface area contributed by atoms with Crippen LogP contribution in [-0.4, -0.2) is 61.0 Å². The van der Waals surface area contributed by atoms with Gasteiger partial charge in [-0.05, 0) is 25.1 Å². The fraction of sp³-hybridized carbons (Fsp3) is 0.467. The Hall–Kier alpha value is -2.72. The molecule has 1 aromatic rings. The molecule has 10 nitrogen and oxygen atoms in total. The lowest BCUT2D eigenvalue weighted by Crippen LogP contribution is -2.43. The molecule has 1 fully saturated rings. The highest BCUT2D eigenvalue weighted by Crippen LogP contribution is 2.14. The van der Waals surface area contributed by atoms with Gasteiger partial charge in [-0.2, -0.15) is 0 Å². The molecule has 0 saturated carbocycles. The van der Waals surface area contributed by atoms with Gasteiger partial charge in [0.25, 0.3) is 5.69 Å². The van der Waals surface area contributed by atoms with Gasteiger partial charge in [0.2, 0.25) is 0 Å². The smallest absolute Gasteiger partial charge is 0.327 e. The number of nitrogens with one attached hydrogen (secondary N) is 3. The number of hydrogen-bond acceptors (Lipinski definition) is 7. The van der Waals surface area contributed by atoms with Gasteiger partial charge in [-0.1, -0.05) is 0 Å². The van der Waals surface area contributed by atoms with Crippen LogP contribution in [0.2, 0.25) is 0 Å². The van der Waals surface area contributed by atoms with Crippen molar-refractivity contribution in [3.8, 4) is 0 Å². The van der Waals surface area contributed by atoms with Gasteiger partial charge in [0.05, 0.1) is 23.8 Å². The minimum absolute atomic E-state index is 0.0603. The van der Waals surface area contributed by atoms with Crippen molar-refractivity contribution >= 4 is 23.2 Å². The Morgan fingerprint density at radius 3 is 2.48 bits per heavy atom. The van der Waals surface area contributed by atoms with E-state index in [9.17, 15) is 19.7 Å². The molecule has 1 aromatic carbocycles. The number of hydrogen-bond donors (Lipinski definition) is 3. The lowest BCUT2D eigenvalue weighted by molar-refractivity contribution is -0.384. The molecule has 0 bridgehead atoms. The van der Waals surface area contributed by atoms with Crippen molar-refractivity contribution in [2.24, 2.45) is 0 Å². The van der Waals surface area contributed by atoms with Crippen LogP contribution in [0.15, 0.2) is 24.3 Å². The van der Waals surface area contributed by atoms with Crippen molar-refractivity contribution in [2.45, 2.75) is 6.42 Å².